The lowest BCUT2D eigenvalue weighted by atomic mass is 10.0. The van der Waals surface area contributed by atoms with E-state index in [0.717, 1.165) is 0 Å². The quantitative estimate of drug-likeness (QED) is 0.629. The highest BCUT2D eigenvalue weighted by molar-refractivity contribution is 9.10. The lowest BCUT2D eigenvalue weighted by Gasteiger charge is -2.07. The molecule has 0 radical (unpaired) electrons. The summed E-state index contributed by atoms with van der Waals surface area (Å²) in [5.74, 6) is -0.498. The molecular weight excluding hydrogens is 377 g/mol. The van der Waals surface area contributed by atoms with Gasteiger partial charge < -0.3 is 5.73 Å². The van der Waals surface area contributed by atoms with Gasteiger partial charge in [0.05, 0.1) is 4.47 Å². The number of hydrogen-bond donors (Lipinski definition) is 1. The van der Waals surface area contributed by atoms with Gasteiger partial charge in [-0.25, -0.2) is 4.39 Å². The molecule has 0 aliphatic rings. The molecule has 5 heteroatoms. The first-order valence-corrected chi connectivity index (χ1v) is 7.08. The fraction of sp³-hybridized carbons (Fsp3) is 0.0714. The highest BCUT2D eigenvalue weighted by Gasteiger charge is 2.14. The number of benzene rings is 2. The zero-order valence-corrected chi connectivity index (χ0v) is 13.0. The van der Waals surface area contributed by atoms with Gasteiger partial charge in [-0.3, -0.25) is 4.79 Å². The first-order valence-electron chi connectivity index (χ1n) is 5.50. The van der Waals surface area contributed by atoms with Gasteiger partial charge in [0.1, 0.15) is 5.82 Å². The van der Waals surface area contributed by atoms with Crippen molar-refractivity contribution < 1.29 is 9.18 Å². The summed E-state index contributed by atoms with van der Waals surface area (Å²) in [7, 11) is 0. The third kappa shape index (κ3) is 3.22. The molecule has 0 spiro atoms. The Morgan fingerprint density at radius 2 is 1.95 bits per heavy atom. The molecular formula is C14H10Br2FNO. The molecule has 2 rings (SSSR count). The molecule has 2 nitrogen and oxygen atoms in total. The number of rotatable bonds is 3. The molecule has 2 aromatic carbocycles. The van der Waals surface area contributed by atoms with Crippen LogP contribution in [0.2, 0.25) is 0 Å². The van der Waals surface area contributed by atoms with E-state index in [4.69, 9.17) is 5.73 Å². The average Bonchev–Trinajstić information content (AvgIpc) is 2.38. The van der Waals surface area contributed by atoms with Crippen molar-refractivity contribution in [2.45, 2.75) is 6.42 Å². The van der Waals surface area contributed by atoms with Crippen LogP contribution in [0.15, 0.2) is 45.3 Å². The Kier molecular flexibility index (Phi) is 4.37. The highest BCUT2D eigenvalue weighted by Crippen LogP contribution is 2.25. The van der Waals surface area contributed by atoms with Crippen LogP contribution in [0.1, 0.15) is 15.9 Å². The zero-order valence-electron chi connectivity index (χ0n) is 9.79. The lowest BCUT2D eigenvalue weighted by Crippen LogP contribution is -2.06. The Morgan fingerprint density at radius 3 is 2.68 bits per heavy atom. The molecule has 0 aromatic heterocycles. The highest BCUT2D eigenvalue weighted by atomic mass is 79.9. The minimum atomic E-state index is -0.378. The maximum atomic E-state index is 13.4. The van der Waals surface area contributed by atoms with Crippen LogP contribution < -0.4 is 5.73 Å². The van der Waals surface area contributed by atoms with Gasteiger partial charge in [-0.2, -0.15) is 0 Å². The molecule has 0 saturated heterocycles. The number of carbonyl (C=O) groups excluding carboxylic acids is 1. The van der Waals surface area contributed by atoms with Gasteiger partial charge in [0, 0.05) is 22.1 Å². The van der Waals surface area contributed by atoms with Crippen molar-refractivity contribution in [2.75, 3.05) is 5.73 Å². The maximum absolute atomic E-state index is 13.4. The second-order valence-corrected chi connectivity index (χ2v) is 5.70. The third-order valence-corrected chi connectivity index (χ3v) is 4.25. The van der Waals surface area contributed by atoms with Crippen LogP contribution in [0.25, 0.3) is 0 Å². The van der Waals surface area contributed by atoms with E-state index in [-0.39, 0.29) is 18.0 Å². The number of nitrogens with two attached hydrogens (primary N) is 1. The van der Waals surface area contributed by atoms with Gasteiger partial charge in [-0.05, 0) is 45.8 Å². The molecule has 0 bridgehead atoms. The SMILES string of the molecule is Nc1ccc(Br)c(C(=O)Cc2cccc(F)c2Br)c1. The van der Waals surface area contributed by atoms with Crippen molar-refractivity contribution in [3.8, 4) is 0 Å². The standard InChI is InChI=1S/C14H10Br2FNO/c15-11-5-4-9(18)7-10(11)13(19)6-8-2-1-3-12(17)14(8)16/h1-5,7H,6,18H2. The van der Waals surface area contributed by atoms with Gasteiger partial charge in [0.25, 0.3) is 0 Å². The number of nitrogen functional groups attached to an aromatic ring is 1. The van der Waals surface area contributed by atoms with Crippen molar-refractivity contribution in [3.05, 3.63) is 62.3 Å². The lowest BCUT2D eigenvalue weighted by molar-refractivity contribution is 0.0992. The van der Waals surface area contributed by atoms with Gasteiger partial charge >= 0.3 is 0 Å². The molecule has 0 amide bonds. The van der Waals surface area contributed by atoms with E-state index in [2.05, 4.69) is 31.9 Å². The molecule has 19 heavy (non-hydrogen) atoms. The molecule has 2 N–H and O–H groups in total. The molecule has 0 fully saturated rings. The first kappa shape index (κ1) is 14.2. The predicted molar refractivity (Wildman–Crippen MR) is 80.7 cm³/mol. The topological polar surface area (TPSA) is 43.1 Å². The van der Waals surface area contributed by atoms with Gasteiger partial charge in [0.15, 0.2) is 5.78 Å². The van der Waals surface area contributed by atoms with Crippen LogP contribution in [0.4, 0.5) is 10.1 Å². The Morgan fingerprint density at radius 1 is 1.21 bits per heavy atom. The number of halogens is 3. The van der Waals surface area contributed by atoms with Crippen molar-refractivity contribution in [3.63, 3.8) is 0 Å². The van der Waals surface area contributed by atoms with E-state index in [9.17, 15) is 9.18 Å². The van der Waals surface area contributed by atoms with E-state index in [1.54, 1.807) is 30.3 Å². The Bertz CT molecular complexity index is 643. The van der Waals surface area contributed by atoms with Crippen molar-refractivity contribution in [1.29, 1.82) is 0 Å². The first-order chi connectivity index (χ1) is 8.99. The van der Waals surface area contributed by atoms with Crippen LogP contribution in [-0.2, 0) is 6.42 Å². The number of Topliss-reactive ketones (excluding diaryl/α,β-unsaturated/α-hetero) is 1. The Balaban J connectivity index is 2.31. The summed E-state index contributed by atoms with van der Waals surface area (Å²) in [5, 5.41) is 0. The smallest absolute Gasteiger partial charge is 0.168 e. The van der Waals surface area contributed by atoms with Crippen LogP contribution in [0.3, 0.4) is 0 Å². The summed E-state index contributed by atoms with van der Waals surface area (Å²) in [4.78, 5) is 12.2. The maximum Gasteiger partial charge on any atom is 0.168 e. The Hall–Kier alpha value is -1.20. The molecule has 2 aromatic rings. The minimum absolute atomic E-state index is 0.112. The zero-order chi connectivity index (χ0) is 14.0. The van der Waals surface area contributed by atoms with E-state index in [1.807, 2.05) is 0 Å². The van der Waals surface area contributed by atoms with Crippen LogP contribution in [0.5, 0.6) is 0 Å². The summed E-state index contributed by atoms with van der Waals surface area (Å²) in [6.45, 7) is 0. The van der Waals surface area contributed by atoms with E-state index < -0.39 is 0 Å². The molecule has 0 atom stereocenters. The molecule has 0 heterocycles. The molecule has 0 aliphatic carbocycles. The summed E-state index contributed by atoms with van der Waals surface area (Å²) in [6, 6.07) is 9.68. The van der Waals surface area contributed by atoms with Crippen LogP contribution in [0, 0.1) is 5.82 Å². The second kappa shape index (κ2) is 5.84. The largest absolute Gasteiger partial charge is 0.399 e. The molecule has 0 saturated carbocycles. The fourth-order valence-corrected chi connectivity index (χ4v) is 2.58. The number of carbonyl (C=O) groups is 1. The number of anilines is 1. The van der Waals surface area contributed by atoms with E-state index in [0.29, 0.717) is 25.8 Å². The average molecular weight is 387 g/mol. The summed E-state index contributed by atoms with van der Waals surface area (Å²) in [6.07, 6.45) is 0.112. The van der Waals surface area contributed by atoms with Crippen molar-refractivity contribution >= 4 is 43.3 Å². The summed E-state index contributed by atoms with van der Waals surface area (Å²) < 4.78 is 14.4. The predicted octanol–water partition coefficient (Wildman–Crippen LogP) is 4.36. The van der Waals surface area contributed by atoms with Crippen molar-refractivity contribution in [1.82, 2.24) is 0 Å². The van der Waals surface area contributed by atoms with Gasteiger partial charge in [-0.1, -0.05) is 28.1 Å². The molecule has 0 aliphatic heterocycles. The van der Waals surface area contributed by atoms with Crippen LogP contribution in [-0.4, -0.2) is 5.78 Å². The molecule has 98 valence electrons. The molecule has 0 unspecified atom stereocenters. The third-order valence-electron chi connectivity index (χ3n) is 2.67. The van der Waals surface area contributed by atoms with Gasteiger partial charge in [0.2, 0.25) is 0 Å². The monoisotopic (exact) mass is 385 g/mol. The second-order valence-electron chi connectivity index (χ2n) is 4.05. The van der Waals surface area contributed by atoms with E-state index in [1.165, 1.54) is 6.07 Å². The van der Waals surface area contributed by atoms with Crippen molar-refractivity contribution in [2.24, 2.45) is 0 Å². The summed E-state index contributed by atoms with van der Waals surface area (Å²) in [5.41, 5.74) is 7.30. The van der Waals surface area contributed by atoms with Crippen LogP contribution >= 0.6 is 31.9 Å². The van der Waals surface area contributed by atoms with Gasteiger partial charge in [-0.15, -0.1) is 0 Å². The Labute approximate surface area is 127 Å². The van der Waals surface area contributed by atoms with E-state index >= 15 is 0 Å². The normalized spacial score (nSPS) is 10.5. The number of hydrogen-bond acceptors (Lipinski definition) is 2. The minimum Gasteiger partial charge on any atom is -0.399 e. The number of ketones is 1. The summed E-state index contributed by atoms with van der Waals surface area (Å²) >= 11 is 6.47. The fourth-order valence-electron chi connectivity index (χ4n) is 1.71.